The van der Waals surface area contributed by atoms with Crippen molar-refractivity contribution in [2.45, 2.75) is 26.3 Å². The number of H-pyrrole nitrogens is 1. The van der Waals surface area contributed by atoms with Crippen molar-refractivity contribution >= 4 is 11.7 Å². The summed E-state index contributed by atoms with van der Waals surface area (Å²) in [6, 6.07) is 9.00. The molecule has 3 rings (SSSR count). The highest BCUT2D eigenvalue weighted by atomic mass is 16.3. The number of aromatic amines is 1. The maximum Gasteiger partial charge on any atom is 0.319 e. The van der Waals surface area contributed by atoms with Gasteiger partial charge in [0.15, 0.2) is 0 Å². The summed E-state index contributed by atoms with van der Waals surface area (Å²) >= 11 is 0. The summed E-state index contributed by atoms with van der Waals surface area (Å²) in [6.07, 6.45) is 3.76. The predicted molar refractivity (Wildman–Crippen MR) is 90.6 cm³/mol. The molecule has 0 aliphatic rings. The molecule has 0 spiro atoms. The largest absolute Gasteiger partial charge is 0.445 e. The number of carbonyl (C=O) groups excluding carboxylic acids is 1. The number of oxazole rings is 1. The first-order valence-electron chi connectivity index (χ1n) is 7.68. The number of rotatable bonds is 5. The second-order valence-electron chi connectivity index (χ2n) is 5.66. The van der Waals surface area contributed by atoms with E-state index in [1.165, 1.54) is 6.26 Å². The van der Waals surface area contributed by atoms with E-state index in [0.29, 0.717) is 18.0 Å². The number of nitrogens with one attached hydrogen (secondary N) is 3. The van der Waals surface area contributed by atoms with Crippen LogP contribution in [0, 0.1) is 6.92 Å². The molecule has 0 saturated heterocycles. The van der Waals surface area contributed by atoms with E-state index in [2.05, 4.69) is 25.8 Å². The molecule has 2 aromatic heterocycles. The zero-order valence-corrected chi connectivity index (χ0v) is 13.5. The van der Waals surface area contributed by atoms with Gasteiger partial charge in [-0.05, 0) is 38.1 Å². The van der Waals surface area contributed by atoms with E-state index in [0.717, 1.165) is 17.0 Å². The summed E-state index contributed by atoms with van der Waals surface area (Å²) in [5, 5.41) is 12.8. The number of hydrogen-bond donors (Lipinski definition) is 3. The molecule has 0 fully saturated rings. The van der Waals surface area contributed by atoms with Gasteiger partial charge in [-0.1, -0.05) is 6.07 Å². The van der Waals surface area contributed by atoms with Gasteiger partial charge in [-0.2, -0.15) is 5.10 Å². The van der Waals surface area contributed by atoms with Crippen molar-refractivity contribution in [3.05, 3.63) is 54.2 Å². The smallest absolute Gasteiger partial charge is 0.319 e. The number of nitrogens with zero attached hydrogens (tertiary/aromatic N) is 2. The highest BCUT2D eigenvalue weighted by molar-refractivity contribution is 5.90. The molecule has 1 atom stereocenters. The quantitative estimate of drug-likeness (QED) is 0.671. The Morgan fingerprint density at radius 2 is 2.25 bits per heavy atom. The summed E-state index contributed by atoms with van der Waals surface area (Å²) in [7, 11) is 0. The molecule has 124 valence electrons. The highest BCUT2D eigenvalue weighted by Gasteiger charge is 2.11. The molecule has 0 aliphatic heterocycles. The molecule has 7 heteroatoms. The summed E-state index contributed by atoms with van der Waals surface area (Å²) in [5.41, 5.74) is 3.40. The summed E-state index contributed by atoms with van der Waals surface area (Å²) in [6.45, 7) is 3.88. The fourth-order valence-electron chi connectivity index (χ4n) is 2.43. The monoisotopic (exact) mass is 325 g/mol. The SMILES string of the molecule is Cc1cc(C[C@@H](C)NC(=O)Nc2cccc(-c3ncco3)c2)n[nH]1. The summed E-state index contributed by atoms with van der Waals surface area (Å²) in [5.74, 6) is 0.515. The number of urea groups is 1. The van der Waals surface area contributed by atoms with Crippen LogP contribution in [0.3, 0.4) is 0 Å². The number of aryl methyl sites for hydroxylation is 1. The number of benzene rings is 1. The van der Waals surface area contributed by atoms with Crippen molar-refractivity contribution in [1.29, 1.82) is 0 Å². The van der Waals surface area contributed by atoms with Crippen molar-refractivity contribution in [3.8, 4) is 11.5 Å². The minimum Gasteiger partial charge on any atom is -0.445 e. The number of aromatic nitrogens is 3. The predicted octanol–water partition coefficient (Wildman–Crippen LogP) is 3.13. The van der Waals surface area contributed by atoms with Gasteiger partial charge in [0, 0.05) is 29.4 Å². The van der Waals surface area contributed by atoms with E-state index in [1.54, 1.807) is 6.20 Å². The molecule has 3 aromatic rings. The molecule has 0 unspecified atom stereocenters. The Morgan fingerprint density at radius 3 is 2.96 bits per heavy atom. The molecular formula is C17H19N5O2. The maximum absolute atomic E-state index is 12.1. The number of amides is 2. The van der Waals surface area contributed by atoms with Crippen molar-refractivity contribution in [2.24, 2.45) is 0 Å². The Morgan fingerprint density at radius 1 is 1.38 bits per heavy atom. The van der Waals surface area contributed by atoms with Gasteiger partial charge >= 0.3 is 6.03 Å². The van der Waals surface area contributed by atoms with Gasteiger partial charge < -0.3 is 15.1 Å². The van der Waals surface area contributed by atoms with Crippen LogP contribution in [0.25, 0.3) is 11.5 Å². The van der Waals surface area contributed by atoms with E-state index in [-0.39, 0.29) is 12.1 Å². The van der Waals surface area contributed by atoms with E-state index in [4.69, 9.17) is 4.42 Å². The lowest BCUT2D eigenvalue weighted by atomic mass is 10.2. The van der Waals surface area contributed by atoms with Crippen molar-refractivity contribution in [2.75, 3.05) is 5.32 Å². The molecule has 2 amide bonds. The van der Waals surface area contributed by atoms with E-state index < -0.39 is 0 Å². The Hall–Kier alpha value is -3.09. The van der Waals surface area contributed by atoms with Crippen LogP contribution < -0.4 is 10.6 Å². The molecule has 0 aliphatic carbocycles. The standard InChI is InChI=1S/C17H19N5O2/c1-11(8-15-9-12(2)21-22-15)19-17(23)20-14-5-3-4-13(10-14)16-18-6-7-24-16/h3-7,9-11H,8H2,1-2H3,(H,21,22)(H2,19,20,23)/t11-/m1/s1. The molecule has 3 N–H and O–H groups in total. The van der Waals surface area contributed by atoms with Gasteiger partial charge in [0.25, 0.3) is 0 Å². The minimum absolute atomic E-state index is 0.0392. The Balaban J connectivity index is 1.57. The first-order valence-corrected chi connectivity index (χ1v) is 7.68. The average molecular weight is 325 g/mol. The zero-order valence-electron chi connectivity index (χ0n) is 13.5. The van der Waals surface area contributed by atoms with Crippen LogP contribution in [0.4, 0.5) is 10.5 Å². The lowest BCUT2D eigenvalue weighted by molar-refractivity contribution is 0.249. The minimum atomic E-state index is -0.265. The molecular weight excluding hydrogens is 306 g/mol. The third kappa shape index (κ3) is 4.01. The average Bonchev–Trinajstić information content (AvgIpc) is 3.19. The molecule has 0 radical (unpaired) electrons. The van der Waals surface area contributed by atoms with Gasteiger partial charge in [-0.3, -0.25) is 5.10 Å². The Labute approximate surface area is 139 Å². The third-order valence-electron chi connectivity index (χ3n) is 3.45. The molecule has 2 heterocycles. The van der Waals surface area contributed by atoms with Gasteiger partial charge in [-0.25, -0.2) is 9.78 Å². The Kier molecular flexibility index (Phi) is 4.60. The molecule has 0 saturated carbocycles. The summed E-state index contributed by atoms with van der Waals surface area (Å²) < 4.78 is 5.26. The third-order valence-corrected chi connectivity index (χ3v) is 3.45. The van der Waals surface area contributed by atoms with Crippen LogP contribution >= 0.6 is 0 Å². The van der Waals surface area contributed by atoms with Crippen LogP contribution in [-0.2, 0) is 6.42 Å². The van der Waals surface area contributed by atoms with Crippen molar-refractivity contribution < 1.29 is 9.21 Å². The van der Waals surface area contributed by atoms with Crippen LogP contribution in [0.2, 0.25) is 0 Å². The zero-order chi connectivity index (χ0) is 16.9. The second-order valence-corrected chi connectivity index (χ2v) is 5.66. The fraction of sp³-hybridized carbons (Fsp3) is 0.235. The fourth-order valence-corrected chi connectivity index (χ4v) is 2.43. The first-order chi connectivity index (χ1) is 11.6. The lowest BCUT2D eigenvalue weighted by Gasteiger charge is -2.13. The van der Waals surface area contributed by atoms with E-state index >= 15 is 0 Å². The van der Waals surface area contributed by atoms with Crippen LogP contribution in [0.1, 0.15) is 18.3 Å². The van der Waals surface area contributed by atoms with E-state index in [9.17, 15) is 4.79 Å². The molecule has 0 bridgehead atoms. The van der Waals surface area contributed by atoms with Crippen LogP contribution in [0.15, 0.2) is 47.2 Å². The van der Waals surface area contributed by atoms with Crippen molar-refractivity contribution in [3.63, 3.8) is 0 Å². The van der Waals surface area contributed by atoms with Gasteiger partial charge in [0.05, 0.1) is 11.9 Å². The Bertz CT molecular complexity index is 810. The first kappa shape index (κ1) is 15.8. The number of anilines is 1. The second kappa shape index (κ2) is 6.99. The van der Waals surface area contributed by atoms with E-state index in [1.807, 2.05) is 44.2 Å². The normalized spacial score (nSPS) is 11.9. The van der Waals surface area contributed by atoms with Crippen LogP contribution in [-0.4, -0.2) is 27.3 Å². The number of hydrogen-bond acceptors (Lipinski definition) is 4. The maximum atomic E-state index is 12.1. The molecule has 1 aromatic carbocycles. The topological polar surface area (TPSA) is 95.8 Å². The van der Waals surface area contributed by atoms with Crippen molar-refractivity contribution in [1.82, 2.24) is 20.5 Å². The molecule has 24 heavy (non-hydrogen) atoms. The highest BCUT2D eigenvalue weighted by Crippen LogP contribution is 2.20. The molecule has 7 nitrogen and oxygen atoms in total. The van der Waals surface area contributed by atoms with Gasteiger partial charge in [0.1, 0.15) is 6.26 Å². The summed E-state index contributed by atoms with van der Waals surface area (Å²) in [4.78, 5) is 16.2. The lowest BCUT2D eigenvalue weighted by Crippen LogP contribution is -2.37. The number of carbonyl (C=O) groups is 1. The van der Waals surface area contributed by atoms with Gasteiger partial charge in [0.2, 0.25) is 5.89 Å². The van der Waals surface area contributed by atoms with Crippen LogP contribution in [0.5, 0.6) is 0 Å². The van der Waals surface area contributed by atoms with Gasteiger partial charge in [-0.15, -0.1) is 0 Å².